The zero-order valence-corrected chi connectivity index (χ0v) is 25.4. The zero-order valence-electron chi connectivity index (χ0n) is 24.6. The van der Waals surface area contributed by atoms with Crippen LogP contribution in [0.5, 0.6) is 5.75 Å². The van der Waals surface area contributed by atoms with E-state index in [1.54, 1.807) is 0 Å². The number of aromatic nitrogens is 1. The highest BCUT2D eigenvalue weighted by molar-refractivity contribution is 7.81. The van der Waals surface area contributed by atoms with Crippen molar-refractivity contribution in [1.29, 1.82) is 0 Å². The number of aryl methyl sites for hydroxylation is 1. The quantitative estimate of drug-likeness (QED) is 0.0869. The molecular formula is C28H37BFN6O8S. The molecule has 0 bridgehead atoms. The number of pyridine rings is 1. The van der Waals surface area contributed by atoms with Gasteiger partial charge < -0.3 is 35.8 Å². The molecule has 1 aromatic heterocycles. The highest BCUT2D eigenvalue weighted by Gasteiger charge is 2.29. The lowest BCUT2D eigenvalue weighted by Gasteiger charge is -2.22. The third-order valence-electron chi connectivity index (χ3n) is 7.07. The number of amides is 4. The van der Waals surface area contributed by atoms with E-state index in [1.165, 1.54) is 47.5 Å². The van der Waals surface area contributed by atoms with Crippen molar-refractivity contribution in [3.8, 4) is 5.75 Å². The number of benzene rings is 1. The van der Waals surface area contributed by atoms with E-state index in [9.17, 15) is 36.5 Å². The number of likely N-dealkylation sites (tertiary alicyclic amines) is 1. The minimum atomic E-state index is -5.14. The Morgan fingerprint density at radius 3 is 2.60 bits per heavy atom. The van der Waals surface area contributed by atoms with Crippen molar-refractivity contribution in [3.05, 3.63) is 59.4 Å². The molecule has 6 N–H and O–H groups in total. The second-order valence-corrected chi connectivity index (χ2v) is 11.4. The molecule has 1 saturated heterocycles. The minimum absolute atomic E-state index is 0.0209. The number of rotatable bonds is 17. The Balaban J connectivity index is 1.51. The molecule has 2 atom stereocenters. The number of carbonyl (C=O) groups is 4. The summed E-state index contributed by atoms with van der Waals surface area (Å²) in [6.45, 7) is 0.678. The van der Waals surface area contributed by atoms with Gasteiger partial charge in [0.25, 0.3) is 5.91 Å². The summed E-state index contributed by atoms with van der Waals surface area (Å²) in [6.07, 6.45) is 4.73. The van der Waals surface area contributed by atoms with Crippen molar-refractivity contribution >= 4 is 41.6 Å². The number of nitrogens with two attached hydrogens (primary N) is 1. The summed E-state index contributed by atoms with van der Waals surface area (Å²) in [5.74, 6) is -2.20. The Bertz CT molecular complexity index is 1430. The lowest BCUT2D eigenvalue weighted by molar-refractivity contribution is -0.129. The number of hydrogen-bond donors (Lipinski definition) is 5. The van der Waals surface area contributed by atoms with Crippen LogP contribution in [0.1, 0.15) is 60.1 Å². The lowest BCUT2D eigenvalue weighted by Crippen LogP contribution is -2.46. The number of hydrogen-bond acceptors (Lipinski definition) is 10. The van der Waals surface area contributed by atoms with Gasteiger partial charge in [0.15, 0.2) is 0 Å². The van der Waals surface area contributed by atoms with E-state index in [0.29, 0.717) is 50.0 Å². The zero-order chi connectivity index (χ0) is 32.8. The van der Waals surface area contributed by atoms with Gasteiger partial charge in [0.1, 0.15) is 11.8 Å². The Morgan fingerprint density at radius 1 is 1.16 bits per heavy atom. The van der Waals surface area contributed by atoms with Crippen LogP contribution >= 0.6 is 0 Å². The maximum absolute atomic E-state index is 13.0. The van der Waals surface area contributed by atoms with Crippen molar-refractivity contribution < 1.29 is 40.7 Å². The van der Waals surface area contributed by atoms with Gasteiger partial charge in [-0.15, -0.1) is 0 Å². The first-order chi connectivity index (χ1) is 21.5. The average Bonchev–Trinajstić information content (AvgIpc) is 3.50. The van der Waals surface area contributed by atoms with Crippen molar-refractivity contribution in [1.82, 2.24) is 25.8 Å². The number of carbonyl (C=O) groups excluding carboxylic acids is 4. The highest BCUT2D eigenvalue weighted by Crippen LogP contribution is 2.17. The third kappa shape index (κ3) is 12.1. The second-order valence-electron chi connectivity index (χ2n) is 10.4. The largest absolute Gasteiger partial charge is 0.488 e. The summed E-state index contributed by atoms with van der Waals surface area (Å²) in [5.41, 5.74) is 6.88. The van der Waals surface area contributed by atoms with E-state index in [1.807, 2.05) is 0 Å². The first-order valence-corrected chi connectivity index (χ1v) is 15.8. The van der Waals surface area contributed by atoms with Gasteiger partial charge in [-0.2, -0.15) is 8.42 Å². The molecule has 17 heteroatoms. The Hall–Kier alpha value is -4.09. The minimum Gasteiger partial charge on any atom is -0.452 e. The van der Waals surface area contributed by atoms with Gasteiger partial charge in [-0.05, 0) is 74.9 Å². The molecule has 0 spiro atoms. The van der Waals surface area contributed by atoms with Crippen LogP contribution in [0.2, 0.25) is 0 Å². The molecule has 2 unspecified atom stereocenters. The summed E-state index contributed by atoms with van der Waals surface area (Å²) in [7, 11) is -4.15. The van der Waals surface area contributed by atoms with E-state index >= 15 is 0 Å². The first-order valence-electron chi connectivity index (χ1n) is 14.5. The molecule has 243 valence electrons. The van der Waals surface area contributed by atoms with E-state index in [2.05, 4.69) is 25.1 Å². The smallest absolute Gasteiger partial charge is 0.452 e. The molecule has 1 fully saturated rings. The van der Waals surface area contributed by atoms with Gasteiger partial charge in [0.2, 0.25) is 17.7 Å². The van der Waals surface area contributed by atoms with Gasteiger partial charge in [0.05, 0.1) is 18.8 Å². The lowest BCUT2D eigenvalue weighted by atomic mass is 9.86. The van der Waals surface area contributed by atoms with Crippen molar-refractivity contribution in [2.24, 2.45) is 5.73 Å². The Labute approximate surface area is 262 Å². The fraction of sp³-hybridized carbons (Fsp3) is 0.464. The molecule has 2 heterocycles. The maximum Gasteiger partial charge on any atom is 0.488 e. The number of nitrogens with one attached hydrogen (secondary N) is 3. The fourth-order valence-corrected chi connectivity index (χ4v) is 5.09. The molecule has 45 heavy (non-hydrogen) atoms. The molecule has 3 rings (SSSR count). The van der Waals surface area contributed by atoms with Crippen LogP contribution in [-0.2, 0) is 37.9 Å². The van der Waals surface area contributed by atoms with Gasteiger partial charge in [-0.3, -0.25) is 24.2 Å². The molecule has 2 aromatic rings. The van der Waals surface area contributed by atoms with Crippen LogP contribution in [0.15, 0.2) is 42.6 Å². The summed E-state index contributed by atoms with van der Waals surface area (Å²) < 4.78 is 38.0. The van der Waals surface area contributed by atoms with Gasteiger partial charge in [0, 0.05) is 30.7 Å². The Morgan fingerprint density at radius 2 is 1.91 bits per heavy atom. The van der Waals surface area contributed by atoms with Crippen molar-refractivity contribution in [2.45, 2.75) is 63.5 Å². The highest BCUT2D eigenvalue weighted by atomic mass is 32.3. The number of nitrogens with zero attached hydrogens (tertiary/aromatic N) is 2. The monoisotopic (exact) mass is 647 g/mol. The van der Waals surface area contributed by atoms with Crippen molar-refractivity contribution in [3.63, 3.8) is 0 Å². The molecule has 0 saturated carbocycles. The standard InChI is InChI=1S/C28H37BFN6O8S/c30-45(42,43)44-22-9-6-19(7-10-22)8-11-25(37)35-23(4-1-2-13-31)28(40)33-17-21-16-20(12-14-32-21)27(39)34-18-26(38)36-15-3-5-24(36)29-41/h6-7,9-10,12,14,16,23-24,41H,1-5,8,11,13,15,17-18,31H2,(H,33,40)(H,34,39)(H,35,37). The predicted molar refractivity (Wildman–Crippen MR) is 161 cm³/mol. The van der Waals surface area contributed by atoms with Crippen LogP contribution in [0, 0.1) is 0 Å². The molecule has 1 aromatic carbocycles. The molecule has 1 aliphatic heterocycles. The maximum atomic E-state index is 13.0. The van der Waals surface area contributed by atoms with Crippen LogP contribution in [-0.4, -0.2) is 86.1 Å². The SMILES string of the molecule is NCCCCC(NC(=O)CCc1ccc(OS(=O)(=O)F)cc1)C(=O)NCc1cc(C(=O)NCC(=O)N2CCCC2[B]O)ccn1. The van der Waals surface area contributed by atoms with E-state index < -0.39 is 34.3 Å². The summed E-state index contributed by atoms with van der Waals surface area (Å²) in [5, 5.41) is 17.3. The number of unbranched alkanes of at least 4 members (excludes halogenated alkanes) is 1. The van der Waals surface area contributed by atoms with Crippen LogP contribution < -0.4 is 25.9 Å². The average molecular weight is 648 g/mol. The van der Waals surface area contributed by atoms with Crippen molar-refractivity contribution in [2.75, 3.05) is 19.6 Å². The van der Waals surface area contributed by atoms with Gasteiger partial charge in [-0.25, -0.2) is 0 Å². The molecule has 4 amide bonds. The van der Waals surface area contributed by atoms with E-state index in [4.69, 9.17) is 5.73 Å². The van der Waals surface area contributed by atoms with Gasteiger partial charge >= 0.3 is 18.0 Å². The van der Waals surface area contributed by atoms with E-state index in [-0.39, 0.29) is 49.1 Å². The second kappa shape index (κ2) is 17.4. The summed E-state index contributed by atoms with van der Waals surface area (Å²) in [6, 6.07) is 7.64. The topological polar surface area (TPSA) is 210 Å². The molecule has 1 radical (unpaired) electrons. The number of halogens is 1. The molecular weight excluding hydrogens is 610 g/mol. The predicted octanol–water partition coefficient (Wildman–Crippen LogP) is -0.173. The Kier molecular flexibility index (Phi) is 13.7. The van der Waals surface area contributed by atoms with Crippen LogP contribution in [0.3, 0.4) is 0 Å². The summed E-state index contributed by atoms with van der Waals surface area (Å²) in [4.78, 5) is 56.5. The van der Waals surface area contributed by atoms with Crippen LogP contribution in [0.25, 0.3) is 0 Å². The van der Waals surface area contributed by atoms with E-state index in [0.717, 1.165) is 13.9 Å². The molecule has 1 aliphatic rings. The molecule has 14 nitrogen and oxygen atoms in total. The third-order valence-corrected chi connectivity index (χ3v) is 7.46. The normalized spacial score (nSPS) is 15.2. The van der Waals surface area contributed by atoms with Crippen LogP contribution in [0.4, 0.5) is 3.89 Å². The van der Waals surface area contributed by atoms with Gasteiger partial charge in [-0.1, -0.05) is 16.0 Å². The first kappa shape index (κ1) is 35.4. The fourth-order valence-electron chi connectivity index (χ4n) is 4.75. The summed E-state index contributed by atoms with van der Waals surface area (Å²) >= 11 is 0. The molecule has 0 aliphatic carbocycles.